The molecule has 0 bridgehead atoms. The molecular formula is C9H8Cl2OS. The van der Waals surface area contributed by atoms with Gasteiger partial charge >= 0.3 is 0 Å². The Morgan fingerprint density at radius 3 is 2.77 bits per heavy atom. The van der Waals surface area contributed by atoms with E-state index in [4.69, 9.17) is 23.2 Å². The normalized spacial score (nSPS) is 10.1. The number of carbonyl (C=O) groups excluding carboxylic acids is 1. The third kappa shape index (κ3) is 3.22. The minimum Gasteiger partial charge on any atom is -0.268 e. The van der Waals surface area contributed by atoms with E-state index in [9.17, 15) is 4.79 Å². The largest absolute Gasteiger partial charge is 0.284 e. The van der Waals surface area contributed by atoms with Crippen LogP contribution in [0.2, 0.25) is 5.02 Å². The van der Waals surface area contributed by atoms with E-state index in [0.717, 1.165) is 28.6 Å². The number of benzene rings is 1. The van der Waals surface area contributed by atoms with Crippen LogP contribution in [0.25, 0.3) is 0 Å². The van der Waals surface area contributed by atoms with Crippen LogP contribution in [0.15, 0.2) is 23.1 Å². The summed E-state index contributed by atoms with van der Waals surface area (Å²) in [6.45, 7) is 2.01. The van der Waals surface area contributed by atoms with Crippen molar-refractivity contribution in [3.63, 3.8) is 0 Å². The zero-order valence-electron chi connectivity index (χ0n) is 7.01. The minimum absolute atomic E-state index is 0.419. The molecule has 0 amide bonds. The van der Waals surface area contributed by atoms with Gasteiger partial charge in [0.2, 0.25) is 0 Å². The first-order chi connectivity index (χ1) is 6.13. The highest BCUT2D eigenvalue weighted by atomic mass is 35.5. The number of halogens is 2. The zero-order chi connectivity index (χ0) is 9.84. The van der Waals surface area contributed by atoms with Gasteiger partial charge in [0.1, 0.15) is 0 Å². The Hall–Kier alpha value is -0.180. The van der Waals surface area contributed by atoms with Crippen LogP contribution in [0.3, 0.4) is 0 Å². The second-order valence-corrected chi connectivity index (χ2v) is 4.46. The molecule has 4 heteroatoms. The van der Waals surface area contributed by atoms with Crippen molar-refractivity contribution in [1.29, 1.82) is 0 Å². The van der Waals surface area contributed by atoms with E-state index in [1.165, 1.54) is 0 Å². The van der Waals surface area contributed by atoms with Crippen molar-refractivity contribution in [2.45, 2.75) is 18.2 Å². The lowest BCUT2D eigenvalue weighted by Gasteiger charge is -2.04. The Balaban J connectivity index is 2.99. The molecule has 0 unspecified atom stereocenters. The SMILES string of the molecule is CCc1cc(Cl)ccc1SC(=O)Cl. The predicted molar refractivity (Wildman–Crippen MR) is 57.9 cm³/mol. The van der Waals surface area contributed by atoms with E-state index in [1.54, 1.807) is 6.07 Å². The number of thioether (sulfide) groups is 1. The summed E-state index contributed by atoms with van der Waals surface area (Å²) >= 11 is 12.1. The molecule has 0 aliphatic carbocycles. The molecule has 0 aromatic heterocycles. The topological polar surface area (TPSA) is 17.1 Å². The van der Waals surface area contributed by atoms with E-state index in [0.29, 0.717) is 5.02 Å². The highest BCUT2D eigenvalue weighted by Crippen LogP contribution is 2.28. The summed E-state index contributed by atoms with van der Waals surface area (Å²) in [5.41, 5.74) is 1.05. The molecule has 70 valence electrons. The van der Waals surface area contributed by atoms with Crippen LogP contribution in [0, 0.1) is 0 Å². The molecule has 0 aliphatic rings. The molecule has 13 heavy (non-hydrogen) atoms. The Labute approximate surface area is 91.4 Å². The quantitative estimate of drug-likeness (QED) is 0.559. The fourth-order valence-electron chi connectivity index (χ4n) is 1.01. The molecule has 1 aromatic rings. The van der Waals surface area contributed by atoms with Gasteiger partial charge < -0.3 is 0 Å². The Bertz CT molecular complexity index is 325. The van der Waals surface area contributed by atoms with Crippen LogP contribution in [0.1, 0.15) is 12.5 Å². The Morgan fingerprint density at radius 2 is 2.23 bits per heavy atom. The summed E-state index contributed by atoms with van der Waals surface area (Å²) in [6, 6.07) is 5.42. The molecular weight excluding hydrogens is 227 g/mol. The van der Waals surface area contributed by atoms with Crippen LogP contribution in [-0.4, -0.2) is 4.57 Å². The minimum atomic E-state index is -0.419. The number of hydrogen-bond acceptors (Lipinski definition) is 2. The number of hydrogen-bond donors (Lipinski definition) is 0. The standard InChI is InChI=1S/C9H8Cl2OS/c1-2-6-5-7(10)3-4-8(6)13-9(11)12/h3-5H,2H2,1H3. The average Bonchev–Trinajstić information content (AvgIpc) is 2.07. The molecule has 0 saturated carbocycles. The fourth-order valence-corrected chi connectivity index (χ4v) is 2.10. The molecule has 0 N–H and O–H groups in total. The second-order valence-electron chi connectivity index (χ2n) is 2.45. The third-order valence-electron chi connectivity index (χ3n) is 1.59. The van der Waals surface area contributed by atoms with Crippen molar-refractivity contribution in [2.75, 3.05) is 0 Å². The van der Waals surface area contributed by atoms with Gasteiger partial charge in [-0.2, -0.15) is 0 Å². The molecule has 0 saturated heterocycles. The molecule has 0 aliphatic heterocycles. The van der Waals surface area contributed by atoms with Crippen LogP contribution < -0.4 is 0 Å². The van der Waals surface area contributed by atoms with Crippen molar-refractivity contribution in [2.24, 2.45) is 0 Å². The molecule has 1 rings (SSSR count). The van der Waals surface area contributed by atoms with E-state index < -0.39 is 4.57 Å². The summed E-state index contributed by atoms with van der Waals surface area (Å²) in [5, 5.41) is 0.684. The van der Waals surface area contributed by atoms with Crippen LogP contribution >= 0.6 is 35.0 Å². The second kappa shape index (κ2) is 4.89. The highest BCUT2D eigenvalue weighted by Gasteiger charge is 2.05. The van der Waals surface area contributed by atoms with Gasteiger partial charge in [-0.05, 0) is 53.5 Å². The van der Waals surface area contributed by atoms with Crippen molar-refractivity contribution in [3.05, 3.63) is 28.8 Å². The van der Waals surface area contributed by atoms with E-state index >= 15 is 0 Å². The summed E-state index contributed by atoms with van der Waals surface area (Å²) in [5.74, 6) is 0. The van der Waals surface area contributed by atoms with Gasteiger partial charge in [-0.1, -0.05) is 18.5 Å². The van der Waals surface area contributed by atoms with Gasteiger partial charge in [0.05, 0.1) is 0 Å². The predicted octanol–water partition coefficient (Wildman–Crippen LogP) is 4.35. The van der Waals surface area contributed by atoms with E-state index in [1.807, 2.05) is 19.1 Å². The molecule has 1 nitrogen and oxygen atoms in total. The molecule has 0 atom stereocenters. The zero-order valence-corrected chi connectivity index (χ0v) is 9.34. The van der Waals surface area contributed by atoms with Gasteiger partial charge in [0.25, 0.3) is 4.57 Å². The number of aryl methyl sites for hydroxylation is 1. The Kier molecular flexibility index (Phi) is 4.10. The number of carbonyl (C=O) groups is 1. The molecule has 0 heterocycles. The van der Waals surface area contributed by atoms with Crippen LogP contribution in [-0.2, 0) is 6.42 Å². The summed E-state index contributed by atoms with van der Waals surface area (Å²) in [6.07, 6.45) is 0.840. The molecule has 0 radical (unpaired) electrons. The van der Waals surface area contributed by atoms with Crippen LogP contribution in [0.4, 0.5) is 4.79 Å². The summed E-state index contributed by atoms with van der Waals surface area (Å²) < 4.78 is -0.419. The highest BCUT2D eigenvalue weighted by molar-refractivity contribution is 8.16. The maximum absolute atomic E-state index is 10.7. The molecule has 0 spiro atoms. The van der Waals surface area contributed by atoms with Gasteiger partial charge in [0.15, 0.2) is 0 Å². The molecule has 1 aromatic carbocycles. The molecule has 0 fully saturated rings. The smallest absolute Gasteiger partial charge is 0.268 e. The van der Waals surface area contributed by atoms with Crippen molar-refractivity contribution >= 4 is 39.5 Å². The van der Waals surface area contributed by atoms with E-state index in [2.05, 4.69) is 0 Å². The first kappa shape index (κ1) is 10.9. The van der Waals surface area contributed by atoms with Crippen molar-refractivity contribution < 1.29 is 4.79 Å². The lowest BCUT2D eigenvalue weighted by Crippen LogP contribution is -1.86. The maximum atomic E-state index is 10.7. The average molecular weight is 235 g/mol. The van der Waals surface area contributed by atoms with Gasteiger partial charge in [0, 0.05) is 9.92 Å². The van der Waals surface area contributed by atoms with Crippen molar-refractivity contribution in [1.82, 2.24) is 0 Å². The monoisotopic (exact) mass is 234 g/mol. The lowest BCUT2D eigenvalue weighted by atomic mass is 10.2. The van der Waals surface area contributed by atoms with Crippen molar-refractivity contribution in [3.8, 4) is 0 Å². The van der Waals surface area contributed by atoms with Gasteiger partial charge in [-0.25, -0.2) is 0 Å². The summed E-state index contributed by atoms with van der Waals surface area (Å²) in [7, 11) is 0. The number of rotatable bonds is 2. The van der Waals surface area contributed by atoms with Crippen LogP contribution in [0.5, 0.6) is 0 Å². The third-order valence-corrected chi connectivity index (χ3v) is 2.84. The first-order valence-corrected chi connectivity index (χ1v) is 5.36. The first-order valence-electron chi connectivity index (χ1n) is 3.79. The summed E-state index contributed by atoms with van der Waals surface area (Å²) in [4.78, 5) is 11.5. The maximum Gasteiger partial charge on any atom is 0.284 e. The lowest BCUT2D eigenvalue weighted by molar-refractivity contribution is 0.276. The van der Waals surface area contributed by atoms with E-state index in [-0.39, 0.29) is 0 Å². The Morgan fingerprint density at radius 1 is 1.54 bits per heavy atom. The fraction of sp³-hybridized carbons (Fsp3) is 0.222. The van der Waals surface area contributed by atoms with Gasteiger partial charge in [-0.3, -0.25) is 4.79 Å². The van der Waals surface area contributed by atoms with Gasteiger partial charge in [-0.15, -0.1) is 0 Å².